The number of nitrogens with zero attached hydrogens (tertiary/aromatic N) is 1. The zero-order valence-electron chi connectivity index (χ0n) is 10.8. The Kier molecular flexibility index (Phi) is 5.75. The summed E-state index contributed by atoms with van der Waals surface area (Å²) >= 11 is 0. The maximum Gasteiger partial charge on any atom is 0.323 e. The number of carboxylic acid groups (broad SMARTS) is 2. The van der Waals surface area contributed by atoms with Crippen LogP contribution in [0.1, 0.15) is 19.3 Å². The molecule has 0 atom stereocenters. The number of carboxylic acids is 2. The summed E-state index contributed by atoms with van der Waals surface area (Å²) in [6.45, 7) is -1.41. The van der Waals surface area contributed by atoms with Gasteiger partial charge in [-0.05, 0) is 12.8 Å². The molecule has 4 N–H and O–H groups in total. The van der Waals surface area contributed by atoms with Crippen LogP contribution >= 0.6 is 0 Å². The number of carbonyl (C=O) groups excluding carboxylic acids is 2. The molecule has 1 aliphatic rings. The first-order valence-corrected chi connectivity index (χ1v) is 6.14. The van der Waals surface area contributed by atoms with Crippen LogP contribution in [-0.4, -0.2) is 64.7 Å². The lowest BCUT2D eigenvalue weighted by atomic mass is 10.4. The van der Waals surface area contributed by atoms with Gasteiger partial charge >= 0.3 is 18.0 Å². The monoisotopic (exact) mass is 287 g/mol. The van der Waals surface area contributed by atoms with E-state index in [-0.39, 0.29) is 24.9 Å². The van der Waals surface area contributed by atoms with Gasteiger partial charge in [-0.15, -0.1) is 0 Å². The van der Waals surface area contributed by atoms with Crippen LogP contribution in [0, 0.1) is 0 Å². The van der Waals surface area contributed by atoms with Gasteiger partial charge in [-0.2, -0.15) is 0 Å². The maximum absolute atomic E-state index is 11.6. The summed E-state index contributed by atoms with van der Waals surface area (Å²) < 4.78 is 0. The third kappa shape index (κ3) is 6.57. The molecule has 0 aromatic heterocycles. The molecule has 0 unspecified atom stereocenters. The van der Waals surface area contributed by atoms with E-state index in [0.29, 0.717) is 4.90 Å². The Morgan fingerprint density at radius 1 is 1.05 bits per heavy atom. The fraction of sp³-hybridized carbons (Fsp3) is 0.636. The molecule has 20 heavy (non-hydrogen) atoms. The third-order valence-corrected chi connectivity index (χ3v) is 2.51. The van der Waals surface area contributed by atoms with E-state index in [1.54, 1.807) is 0 Å². The highest BCUT2D eigenvalue weighted by atomic mass is 16.4. The topological polar surface area (TPSA) is 136 Å². The molecule has 3 amide bonds. The zero-order valence-corrected chi connectivity index (χ0v) is 10.8. The number of amides is 3. The smallest absolute Gasteiger partial charge is 0.323 e. The van der Waals surface area contributed by atoms with Crippen LogP contribution in [0.25, 0.3) is 0 Å². The van der Waals surface area contributed by atoms with E-state index < -0.39 is 31.1 Å². The average Bonchev–Trinajstić information content (AvgIpc) is 3.10. The summed E-state index contributed by atoms with van der Waals surface area (Å²) in [6.07, 6.45) is 1.99. The number of aliphatic carboxylic acids is 2. The maximum atomic E-state index is 11.6. The molecule has 0 aliphatic heterocycles. The van der Waals surface area contributed by atoms with Gasteiger partial charge in [-0.1, -0.05) is 0 Å². The molecule has 0 aromatic carbocycles. The molecule has 1 saturated carbocycles. The van der Waals surface area contributed by atoms with E-state index in [0.717, 1.165) is 12.8 Å². The van der Waals surface area contributed by atoms with Crippen molar-refractivity contribution >= 4 is 23.9 Å². The SMILES string of the molecule is O=C(O)CN(CC(=O)O)C(=O)NCCC(=O)NC1CC1. The van der Waals surface area contributed by atoms with Crippen molar-refractivity contribution in [3.05, 3.63) is 0 Å². The van der Waals surface area contributed by atoms with Crippen LogP contribution in [0.15, 0.2) is 0 Å². The van der Waals surface area contributed by atoms with Crippen molar-refractivity contribution in [2.24, 2.45) is 0 Å². The van der Waals surface area contributed by atoms with E-state index in [9.17, 15) is 19.2 Å². The van der Waals surface area contributed by atoms with Gasteiger partial charge in [0.1, 0.15) is 13.1 Å². The number of hydrogen-bond donors (Lipinski definition) is 4. The molecule has 1 aliphatic carbocycles. The Morgan fingerprint density at radius 3 is 2.05 bits per heavy atom. The summed E-state index contributed by atoms with van der Waals surface area (Å²) in [7, 11) is 0. The van der Waals surface area contributed by atoms with Gasteiger partial charge in [0.2, 0.25) is 5.91 Å². The van der Waals surface area contributed by atoms with Crippen LogP contribution in [-0.2, 0) is 14.4 Å². The van der Waals surface area contributed by atoms with Crippen molar-refractivity contribution < 1.29 is 29.4 Å². The van der Waals surface area contributed by atoms with Crippen molar-refractivity contribution in [2.45, 2.75) is 25.3 Å². The largest absolute Gasteiger partial charge is 0.480 e. The van der Waals surface area contributed by atoms with E-state index in [1.807, 2.05) is 0 Å². The van der Waals surface area contributed by atoms with Crippen LogP contribution in [0.3, 0.4) is 0 Å². The molecule has 0 spiro atoms. The Balaban J connectivity index is 2.30. The number of rotatable bonds is 8. The minimum atomic E-state index is -1.31. The number of nitrogens with one attached hydrogen (secondary N) is 2. The Labute approximate surface area is 114 Å². The number of urea groups is 1. The molecule has 112 valence electrons. The minimum absolute atomic E-state index is 0.0210. The quantitative estimate of drug-likeness (QED) is 0.444. The third-order valence-electron chi connectivity index (χ3n) is 2.51. The predicted molar refractivity (Wildman–Crippen MR) is 66.0 cm³/mol. The molecule has 9 nitrogen and oxygen atoms in total. The summed E-state index contributed by atoms with van der Waals surface area (Å²) in [6, 6.07) is -0.595. The molecule has 1 fully saturated rings. The standard InChI is InChI=1S/C11H17N3O6/c15-8(13-7-1-2-7)3-4-12-11(20)14(5-9(16)17)6-10(18)19/h7H,1-6H2,(H,12,20)(H,13,15)(H,16,17)(H,18,19). The Morgan fingerprint density at radius 2 is 1.60 bits per heavy atom. The van der Waals surface area contributed by atoms with Gasteiger partial charge in [-0.3, -0.25) is 14.4 Å². The van der Waals surface area contributed by atoms with Crippen molar-refractivity contribution in [3.8, 4) is 0 Å². The first-order valence-electron chi connectivity index (χ1n) is 6.14. The average molecular weight is 287 g/mol. The highest BCUT2D eigenvalue weighted by Crippen LogP contribution is 2.18. The minimum Gasteiger partial charge on any atom is -0.480 e. The molecule has 9 heteroatoms. The van der Waals surface area contributed by atoms with Crippen molar-refractivity contribution in [1.82, 2.24) is 15.5 Å². The van der Waals surface area contributed by atoms with Crippen LogP contribution in [0.2, 0.25) is 0 Å². The summed E-state index contributed by atoms with van der Waals surface area (Å²) in [5, 5.41) is 22.2. The molecule has 0 saturated heterocycles. The molecular formula is C11H17N3O6. The van der Waals surface area contributed by atoms with Crippen molar-refractivity contribution in [1.29, 1.82) is 0 Å². The van der Waals surface area contributed by atoms with E-state index in [2.05, 4.69) is 10.6 Å². The molecule has 1 rings (SSSR count). The van der Waals surface area contributed by atoms with Crippen molar-refractivity contribution in [3.63, 3.8) is 0 Å². The molecule has 0 radical (unpaired) electrons. The number of carbonyl (C=O) groups is 4. The van der Waals surface area contributed by atoms with Gasteiger partial charge in [0, 0.05) is 19.0 Å². The lowest BCUT2D eigenvalue weighted by Crippen LogP contribution is -2.46. The van der Waals surface area contributed by atoms with Gasteiger partial charge in [0.05, 0.1) is 0 Å². The second-order valence-corrected chi connectivity index (χ2v) is 4.47. The van der Waals surface area contributed by atoms with Crippen LogP contribution < -0.4 is 10.6 Å². The van der Waals surface area contributed by atoms with Gasteiger partial charge in [0.25, 0.3) is 0 Å². The fourth-order valence-corrected chi connectivity index (χ4v) is 1.45. The van der Waals surface area contributed by atoms with E-state index in [4.69, 9.17) is 10.2 Å². The van der Waals surface area contributed by atoms with Crippen LogP contribution in [0.4, 0.5) is 4.79 Å². The van der Waals surface area contributed by atoms with Gasteiger partial charge in [0.15, 0.2) is 0 Å². The zero-order chi connectivity index (χ0) is 15.1. The summed E-state index contributed by atoms with van der Waals surface area (Å²) in [4.78, 5) is 44.6. The fourth-order valence-electron chi connectivity index (χ4n) is 1.45. The first kappa shape index (κ1) is 15.7. The molecular weight excluding hydrogens is 270 g/mol. The van der Waals surface area contributed by atoms with E-state index in [1.165, 1.54) is 0 Å². The summed E-state index contributed by atoms with van der Waals surface area (Å²) in [5.41, 5.74) is 0. The molecule has 0 heterocycles. The lowest BCUT2D eigenvalue weighted by Gasteiger charge is -2.18. The molecule has 0 bridgehead atoms. The first-order chi connectivity index (χ1) is 9.38. The van der Waals surface area contributed by atoms with Crippen molar-refractivity contribution in [2.75, 3.05) is 19.6 Å². The highest BCUT2D eigenvalue weighted by molar-refractivity contribution is 5.84. The van der Waals surface area contributed by atoms with E-state index >= 15 is 0 Å². The second kappa shape index (κ2) is 7.31. The Hall–Kier alpha value is -2.32. The normalized spacial score (nSPS) is 13.4. The van der Waals surface area contributed by atoms with Crippen LogP contribution in [0.5, 0.6) is 0 Å². The number of hydrogen-bond acceptors (Lipinski definition) is 4. The Bertz CT molecular complexity index is 391. The lowest BCUT2D eigenvalue weighted by molar-refractivity contribution is -0.140. The van der Waals surface area contributed by atoms with Gasteiger partial charge < -0.3 is 25.7 Å². The predicted octanol–water partition coefficient (Wildman–Crippen LogP) is -1.16. The summed E-state index contributed by atoms with van der Waals surface area (Å²) in [5.74, 6) is -2.82. The van der Waals surface area contributed by atoms with Gasteiger partial charge in [-0.25, -0.2) is 4.79 Å². The second-order valence-electron chi connectivity index (χ2n) is 4.47. The highest BCUT2D eigenvalue weighted by Gasteiger charge is 2.23. The molecule has 0 aromatic rings.